The molecule has 0 aromatic heterocycles. The van der Waals surface area contributed by atoms with Crippen LogP contribution in [0.1, 0.15) is 197 Å². The van der Waals surface area contributed by atoms with Crippen molar-refractivity contribution in [1.82, 2.24) is 0 Å². The van der Waals surface area contributed by atoms with Crippen LogP contribution in [0.5, 0.6) is 11.5 Å². The average molecular weight is 679 g/mol. The van der Waals surface area contributed by atoms with Gasteiger partial charge >= 0.3 is 0 Å². The van der Waals surface area contributed by atoms with E-state index >= 15 is 0 Å². The molecule has 4 aromatic rings. The number of hydrogen-bond donors (Lipinski definition) is 2. The molecule has 4 aromatic carbocycles. The first-order chi connectivity index (χ1) is 25.1. The molecular weight excluding hydrogens is 621 g/mol. The molecule has 2 heteroatoms. The minimum atomic E-state index is -0.533. The summed E-state index contributed by atoms with van der Waals surface area (Å²) >= 11 is 0. The Morgan fingerprint density at radius 1 is 0.373 bits per heavy atom. The third-order valence-electron chi connectivity index (χ3n) is 14.3. The molecule has 0 aliphatic heterocycles. The fraction of sp³-hybridized carbons (Fsp3) is 0.510. The summed E-state index contributed by atoms with van der Waals surface area (Å²) in [6, 6.07) is 28.3. The Bertz CT molecular complexity index is 1640. The minimum Gasteiger partial charge on any atom is -0.507 e. The molecule has 2 nitrogen and oxygen atoms in total. The maximum absolute atomic E-state index is 12.3. The number of aromatic hydroxyl groups is 2. The van der Waals surface area contributed by atoms with Crippen molar-refractivity contribution in [3.63, 3.8) is 0 Å². The summed E-state index contributed by atoms with van der Waals surface area (Å²) in [5.74, 6) is 2.81. The fourth-order valence-corrected chi connectivity index (χ4v) is 11.7. The predicted octanol–water partition coefficient (Wildman–Crippen LogP) is 13.7. The van der Waals surface area contributed by atoms with Gasteiger partial charge in [0.1, 0.15) is 11.5 Å². The van der Waals surface area contributed by atoms with Gasteiger partial charge in [0.05, 0.1) is 5.41 Å². The molecule has 51 heavy (non-hydrogen) atoms. The Morgan fingerprint density at radius 2 is 0.647 bits per heavy atom. The molecule has 266 valence electrons. The van der Waals surface area contributed by atoms with Gasteiger partial charge in [0, 0.05) is 0 Å². The van der Waals surface area contributed by atoms with Crippen molar-refractivity contribution < 1.29 is 10.2 Å². The molecule has 0 unspecified atom stereocenters. The van der Waals surface area contributed by atoms with Crippen LogP contribution in [0.3, 0.4) is 0 Å². The van der Waals surface area contributed by atoms with Gasteiger partial charge in [-0.05, 0) is 131 Å². The third-order valence-corrected chi connectivity index (χ3v) is 14.3. The van der Waals surface area contributed by atoms with E-state index in [-0.39, 0.29) is 0 Å². The van der Waals surface area contributed by atoms with E-state index in [1.165, 1.54) is 133 Å². The highest BCUT2D eigenvalue weighted by Gasteiger charge is 2.48. The van der Waals surface area contributed by atoms with Crippen molar-refractivity contribution in [2.24, 2.45) is 0 Å². The molecule has 0 heterocycles. The molecular formula is C49H58O2. The van der Waals surface area contributed by atoms with Crippen LogP contribution in [0.4, 0.5) is 0 Å². The average Bonchev–Trinajstić information content (AvgIpc) is 3.50. The molecule has 0 amide bonds. The second kappa shape index (κ2) is 14.1. The Hall–Kier alpha value is -3.52. The number of fused-ring (bicyclic) bond motifs is 3. The summed E-state index contributed by atoms with van der Waals surface area (Å²) in [5.41, 5.74) is 12.3. The van der Waals surface area contributed by atoms with Gasteiger partial charge in [-0.2, -0.15) is 0 Å². The summed E-state index contributed by atoms with van der Waals surface area (Å²) in [5, 5.41) is 24.7. The van der Waals surface area contributed by atoms with Gasteiger partial charge in [-0.15, -0.1) is 0 Å². The standard InChI is InChI=1S/C49H58O2/c50-47-41(33-17-5-1-6-18-33)29-37(30-42(47)34-19-7-2-8-20-34)49(45-27-15-13-25-39(45)40-26-14-16-28-46(40)49)38-31-43(35-21-9-3-10-22-35)48(51)44(32-38)36-23-11-4-12-24-36/h13-16,25-36,50-51H,1-12,17-24H2. The van der Waals surface area contributed by atoms with Crippen molar-refractivity contribution in [2.45, 2.75) is 158 Å². The van der Waals surface area contributed by atoms with Gasteiger partial charge < -0.3 is 10.2 Å². The van der Waals surface area contributed by atoms with E-state index < -0.39 is 5.41 Å². The highest BCUT2D eigenvalue weighted by molar-refractivity contribution is 5.86. The van der Waals surface area contributed by atoms with Crippen LogP contribution in [0.15, 0.2) is 72.8 Å². The van der Waals surface area contributed by atoms with Gasteiger partial charge in [-0.3, -0.25) is 0 Å². The minimum absolute atomic E-state index is 0.403. The Labute approximate surface area is 306 Å². The van der Waals surface area contributed by atoms with Gasteiger partial charge in [0.2, 0.25) is 0 Å². The topological polar surface area (TPSA) is 40.5 Å². The van der Waals surface area contributed by atoms with Gasteiger partial charge in [0.15, 0.2) is 0 Å². The largest absolute Gasteiger partial charge is 0.507 e. The van der Waals surface area contributed by atoms with E-state index in [4.69, 9.17) is 0 Å². The molecule has 0 spiro atoms. The molecule has 0 radical (unpaired) electrons. The summed E-state index contributed by atoms with van der Waals surface area (Å²) in [7, 11) is 0. The zero-order chi connectivity index (χ0) is 34.4. The molecule has 0 saturated heterocycles. The summed E-state index contributed by atoms with van der Waals surface area (Å²) < 4.78 is 0. The van der Waals surface area contributed by atoms with Gasteiger partial charge in [-0.25, -0.2) is 0 Å². The molecule has 9 rings (SSSR count). The van der Waals surface area contributed by atoms with Gasteiger partial charge in [0.25, 0.3) is 0 Å². The first kappa shape index (κ1) is 33.3. The zero-order valence-corrected chi connectivity index (χ0v) is 30.8. The van der Waals surface area contributed by atoms with E-state index in [1.54, 1.807) is 0 Å². The first-order valence-electron chi connectivity index (χ1n) is 21.1. The number of phenols is 2. The van der Waals surface area contributed by atoms with Crippen LogP contribution in [-0.4, -0.2) is 10.2 Å². The second-order valence-electron chi connectivity index (χ2n) is 17.2. The lowest BCUT2D eigenvalue weighted by Crippen LogP contribution is -2.30. The van der Waals surface area contributed by atoms with Crippen LogP contribution in [0, 0.1) is 0 Å². The molecule has 5 aliphatic carbocycles. The zero-order valence-electron chi connectivity index (χ0n) is 30.8. The van der Waals surface area contributed by atoms with Gasteiger partial charge in [-0.1, -0.05) is 150 Å². The molecule has 5 aliphatic rings. The Morgan fingerprint density at radius 3 is 0.941 bits per heavy atom. The molecule has 4 saturated carbocycles. The normalized spacial score (nSPS) is 21.7. The number of benzene rings is 4. The lowest BCUT2D eigenvalue weighted by Gasteiger charge is -2.38. The van der Waals surface area contributed by atoms with Crippen molar-refractivity contribution in [1.29, 1.82) is 0 Å². The predicted molar refractivity (Wildman–Crippen MR) is 210 cm³/mol. The van der Waals surface area contributed by atoms with Crippen molar-refractivity contribution in [3.05, 3.63) is 117 Å². The van der Waals surface area contributed by atoms with Crippen molar-refractivity contribution >= 4 is 0 Å². The molecule has 0 atom stereocenters. The van der Waals surface area contributed by atoms with Crippen LogP contribution in [0.2, 0.25) is 0 Å². The van der Waals surface area contributed by atoms with E-state index in [1.807, 2.05) is 0 Å². The SMILES string of the molecule is Oc1c(C2CCCCC2)cc(C2(c3cc(C4CCCCC4)c(O)c(C4CCCCC4)c3)c3ccccc3-c3ccccc32)cc1C1CCCCC1. The fourth-order valence-electron chi connectivity index (χ4n) is 11.7. The molecule has 0 bridgehead atoms. The molecule has 2 N–H and O–H groups in total. The number of phenolic OH excluding ortho intramolecular Hbond substituents is 2. The highest BCUT2D eigenvalue weighted by atomic mass is 16.3. The van der Waals surface area contributed by atoms with Crippen LogP contribution < -0.4 is 0 Å². The van der Waals surface area contributed by atoms with Crippen LogP contribution in [-0.2, 0) is 5.41 Å². The number of rotatable bonds is 6. The van der Waals surface area contributed by atoms with Crippen molar-refractivity contribution in [3.8, 4) is 22.6 Å². The lowest BCUT2D eigenvalue weighted by atomic mass is 9.64. The van der Waals surface area contributed by atoms with Crippen molar-refractivity contribution in [2.75, 3.05) is 0 Å². The maximum Gasteiger partial charge on any atom is 0.122 e. The maximum atomic E-state index is 12.3. The first-order valence-corrected chi connectivity index (χ1v) is 21.1. The highest BCUT2D eigenvalue weighted by Crippen LogP contribution is 2.59. The Kier molecular flexibility index (Phi) is 9.23. The van der Waals surface area contributed by atoms with E-state index in [0.717, 1.165) is 51.4 Å². The third kappa shape index (κ3) is 5.75. The van der Waals surface area contributed by atoms with E-state index in [2.05, 4.69) is 72.8 Å². The summed E-state index contributed by atoms with van der Waals surface area (Å²) in [4.78, 5) is 0. The van der Waals surface area contributed by atoms with E-state index in [9.17, 15) is 10.2 Å². The van der Waals surface area contributed by atoms with Crippen LogP contribution in [0.25, 0.3) is 11.1 Å². The Balaban J connectivity index is 1.36. The lowest BCUT2D eigenvalue weighted by molar-refractivity contribution is 0.391. The summed E-state index contributed by atoms with van der Waals surface area (Å²) in [6.45, 7) is 0. The van der Waals surface area contributed by atoms with Crippen LogP contribution >= 0.6 is 0 Å². The van der Waals surface area contributed by atoms with E-state index in [0.29, 0.717) is 35.2 Å². The smallest absolute Gasteiger partial charge is 0.122 e. The number of hydrogen-bond acceptors (Lipinski definition) is 2. The second-order valence-corrected chi connectivity index (χ2v) is 17.2. The molecule has 4 fully saturated rings. The quantitative estimate of drug-likeness (QED) is 0.188. The summed E-state index contributed by atoms with van der Waals surface area (Å²) in [6.07, 6.45) is 24.5. The monoisotopic (exact) mass is 678 g/mol.